The van der Waals surface area contributed by atoms with Gasteiger partial charge in [0, 0.05) is 23.7 Å². The number of carbonyl (C=O) groups is 3. The fourth-order valence-electron chi connectivity index (χ4n) is 3.84. The molecule has 1 aromatic heterocycles. The summed E-state index contributed by atoms with van der Waals surface area (Å²) in [5, 5.41) is 0. The highest BCUT2D eigenvalue weighted by atomic mass is 16.5. The quantitative estimate of drug-likeness (QED) is 0.555. The molecule has 0 radical (unpaired) electrons. The number of aromatic nitrogens is 1. The Kier molecular flexibility index (Phi) is 7.22. The smallest absolute Gasteiger partial charge is 0.354 e. The van der Waals surface area contributed by atoms with Crippen LogP contribution in [0.25, 0.3) is 0 Å². The first kappa shape index (κ1) is 21.2. The Hall–Kier alpha value is -2.11. The number of methoxy groups -OCH3 is 1. The number of rotatable bonds is 8. The zero-order chi connectivity index (χ0) is 20.1. The molecule has 6 heteroatoms. The minimum atomic E-state index is -0.492. The highest BCUT2D eigenvalue weighted by Crippen LogP contribution is 2.27. The number of Topliss-reactive ketones (excluding diaryl/α,β-unsaturated/α-hetero) is 1. The van der Waals surface area contributed by atoms with E-state index in [0.29, 0.717) is 35.0 Å². The van der Waals surface area contributed by atoms with Crippen molar-refractivity contribution in [1.29, 1.82) is 0 Å². The molecule has 27 heavy (non-hydrogen) atoms. The van der Waals surface area contributed by atoms with Gasteiger partial charge >= 0.3 is 5.97 Å². The summed E-state index contributed by atoms with van der Waals surface area (Å²) in [6.07, 6.45) is 4.87. The second-order valence-corrected chi connectivity index (χ2v) is 7.96. The van der Waals surface area contributed by atoms with Crippen LogP contribution in [-0.2, 0) is 9.53 Å². The van der Waals surface area contributed by atoms with E-state index in [1.54, 1.807) is 18.7 Å². The van der Waals surface area contributed by atoms with Crippen LogP contribution in [0.5, 0.6) is 0 Å². The summed E-state index contributed by atoms with van der Waals surface area (Å²) in [7, 11) is 1.31. The van der Waals surface area contributed by atoms with Crippen molar-refractivity contribution >= 4 is 17.7 Å². The third-order valence-electron chi connectivity index (χ3n) is 5.43. The van der Waals surface area contributed by atoms with Crippen molar-refractivity contribution in [3.05, 3.63) is 22.5 Å². The Morgan fingerprint density at radius 2 is 1.81 bits per heavy atom. The van der Waals surface area contributed by atoms with Crippen LogP contribution in [0.4, 0.5) is 0 Å². The number of aryl methyl sites for hydroxylation is 1. The van der Waals surface area contributed by atoms with Crippen LogP contribution in [0.15, 0.2) is 0 Å². The molecule has 1 aliphatic rings. The first-order valence-electron chi connectivity index (χ1n) is 9.85. The summed E-state index contributed by atoms with van der Waals surface area (Å²) >= 11 is 0. The van der Waals surface area contributed by atoms with Crippen molar-refractivity contribution in [3.8, 4) is 0 Å². The first-order chi connectivity index (χ1) is 12.8. The summed E-state index contributed by atoms with van der Waals surface area (Å²) in [5.74, 6) is -0.0231. The summed E-state index contributed by atoms with van der Waals surface area (Å²) in [4.78, 5) is 42.5. The molecule has 0 atom stereocenters. The molecule has 1 heterocycles. The molecule has 6 nitrogen and oxygen atoms in total. The Labute approximate surface area is 161 Å². The molecule has 0 aliphatic heterocycles. The van der Waals surface area contributed by atoms with Crippen LogP contribution in [0.1, 0.15) is 78.1 Å². The van der Waals surface area contributed by atoms with Crippen LogP contribution in [0.3, 0.4) is 0 Å². The molecule has 0 aromatic carbocycles. The minimum absolute atomic E-state index is 0.0454. The summed E-state index contributed by atoms with van der Waals surface area (Å²) in [6.45, 7) is 8.38. The number of hydrogen-bond acceptors (Lipinski definition) is 4. The molecular formula is C21H32N2O4. The number of ketones is 1. The number of esters is 1. The molecule has 1 aromatic rings. The van der Waals surface area contributed by atoms with Crippen LogP contribution >= 0.6 is 0 Å². The average molecular weight is 376 g/mol. The second-order valence-electron chi connectivity index (χ2n) is 7.96. The van der Waals surface area contributed by atoms with Crippen LogP contribution in [-0.4, -0.2) is 47.7 Å². The van der Waals surface area contributed by atoms with Crippen molar-refractivity contribution < 1.29 is 19.1 Å². The van der Waals surface area contributed by atoms with Gasteiger partial charge in [-0.15, -0.1) is 0 Å². The maximum Gasteiger partial charge on any atom is 0.354 e. The Bertz CT molecular complexity index is 699. The summed E-state index contributed by atoms with van der Waals surface area (Å²) < 4.78 is 4.77. The van der Waals surface area contributed by atoms with Gasteiger partial charge < -0.3 is 14.6 Å². The molecule has 1 amide bonds. The van der Waals surface area contributed by atoms with Crippen LogP contribution < -0.4 is 0 Å². The number of ether oxygens (including phenoxy) is 1. The average Bonchev–Trinajstić information content (AvgIpc) is 3.25. The SMILES string of the molecule is COC(=O)c1[nH]c(C)c(C(=O)CN(CCC(C)C)C(=O)C2CCCC2)c1C. The molecule has 2 rings (SSSR count). The van der Waals surface area contributed by atoms with Gasteiger partial charge in [-0.3, -0.25) is 9.59 Å². The van der Waals surface area contributed by atoms with Crippen molar-refractivity contribution in [2.75, 3.05) is 20.2 Å². The van der Waals surface area contributed by atoms with Gasteiger partial charge in [-0.05, 0) is 44.6 Å². The molecule has 1 N–H and O–H groups in total. The monoisotopic (exact) mass is 376 g/mol. The zero-order valence-electron chi connectivity index (χ0n) is 17.2. The molecule has 1 aliphatic carbocycles. The summed E-state index contributed by atoms with van der Waals surface area (Å²) in [6, 6.07) is 0. The standard InChI is InChI=1S/C21H32N2O4/c1-13(2)10-11-23(20(25)16-8-6-7-9-16)12-17(24)18-14(3)19(21(26)27-5)22-15(18)4/h13,16,22H,6-12H2,1-5H3. The largest absolute Gasteiger partial charge is 0.464 e. The van der Waals surface area contributed by atoms with Crippen molar-refractivity contribution in [2.24, 2.45) is 11.8 Å². The van der Waals surface area contributed by atoms with Crippen molar-refractivity contribution in [1.82, 2.24) is 9.88 Å². The number of aromatic amines is 1. The van der Waals surface area contributed by atoms with Gasteiger partial charge in [0.05, 0.1) is 13.7 Å². The van der Waals surface area contributed by atoms with E-state index in [1.807, 2.05) is 0 Å². The van der Waals surface area contributed by atoms with Crippen LogP contribution in [0, 0.1) is 25.7 Å². The first-order valence-corrected chi connectivity index (χ1v) is 9.85. The van der Waals surface area contributed by atoms with E-state index in [9.17, 15) is 14.4 Å². The number of amides is 1. The lowest BCUT2D eigenvalue weighted by Crippen LogP contribution is -2.40. The lowest BCUT2D eigenvalue weighted by Gasteiger charge is -2.26. The lowest BCUT2D eigenvalue weighted by atomic mass is 10.0. The topological polar surface area (TPSA) is 79.5 Å². The fourth-order valence-corrected chi connectivity index (χ4v) is 3.84. The third-order valence-corrected chi connectivity index (χ3v) is 5.43. The number of carbonyl (C=O) groups excluding carboxylic acids is 3. The number of H-pyrrole nitrogens is 1. The molecule has 1 saturated carbocycles. The van der Waals surface area contributed by atoms with E-state index in [1.165, 1.54) is 7.11 Å². The van der Waals surface area contributed by atoms with E-state index < -0.39 is 5.97 Å². The van der Waals surface area contributed by atoms with Crippen LogP contribution in [0.2, 0.25) is 0 Å². The summed E-state index contributed by atoms with van der Waals surface area (Å²) in [5.41, 5.74) is 2.01. The second kappa shape index (κ2) is 9.20. The predicted molar refractivity (Wildman–Crippen MR) is 104 cm³/mol. The fraction of sp³-hybridized carbons (Fsp3) is 0.667. The molecule has 0 spiro atoms. The van der Waals surface area contributed by atoms with Gasteiger partial charge in [0.2, 0.25) is 5.91 Å². The molecule has 1 fully saturated rings. The molecule has 150 valence electrons. The third kappa shape index (κ3) is 4.99. The van der Waals surface area contributed by atoms with Gasteiger partial charge in [-0.2, -0.15) is 0 Å². The Morgan fingerprint density at radius 3 is 2.37 bits per heavy atom. The number of nitrogens with zero attached hydrogens (tertiary/aromatic N) is 1. The Morgan fingerprint density at radius 1 is 1.19 bits per heavy atom. The van der Waals surface area contributed by atoms with Gasteiger partial charge in [0.15, 0.2) is 5.78 Å². The highest BCUT2D eigenvalue weighted by molar-refractivity contribution is 6.04. The maximum atomic E-state index is 13.0. The van der Waals surface area contributed by atoms with Gasteiger partial charge in [-0.1, -0.05) is 26.7 Å². The molecule has 0 unspecified atom stereocenters. The lowest BCUT2D eigenvalue weighted by molar-refractivity contribution is -0.135. The molecule has 0 bridgehead atoms. The molecule has 0 saturated heterocycles. The van der Waals surface area contributed by atoms with E-state index >= 15 is 0 Å². The van der Waals surface area contributed by atoms with E-state index in [2.05, 4.69) is 18.8 Å². The van der Waals surface area contributed by atoms with Gasteiger partial charge in [0.25, 0.3) is 0 Å². The molecular weight excluding hydrogens is 344 g/mol. The minimum Gasteiger partial charge on any atom is -0.464 e. The van der Waals surface area contributed by atoms with Crippen molar-refractivity contribution in [2.45, 2.75) is 59.8 Å². The van der Waals surface area contributed by atoms with E-state index in [4.69, 9.17) is 4.74 Å². The van der Waals surface area contributed by atoms with E-state index in [-0.39, 0.29) is 24.2 Å². The zero-order valence-corrected chi connectivity index (χ0v) is 17.2. The Balaban J connectivity index is 2.20. The highest BCUT2D eigenvalue weighted by Gasteiger charge is 2.30. The van der Waals surface area contributed by atoms with Gasteiger partial charge in [-0.25, -0.2) is 4.79 Å². The maximum absolute atomic E-state index is 13.0. The van der Waals surface area contributed by atoms with Gasteiger partial charge in [0.1, 0.15) is 5.69 Å². The van der Waals surface area contributed by atoms with Crippen molar-refractivity contribution in [3.63, 3.8) is 0 Å². The number of nitrogens with one attached hydrogen (secondary N) is 1. The number of hydrogen-bond donors (Lipinski definition) is 1. The normalized spacial score (nSPS) is 14.6. The predicted octanol–water partition coefficient (Wildman–Crippen LogP) is 3.67. The van der Waals surface area contributed by atoms with E-state index in [0.717, 1.165) is 32.1 Å².